The van der Waals surface area contributed by atoms with Crippen LogP contribution >= 0.6 is 0 Å². The van der Waals surface area contributed by atoms with Gasteiger partial charge in [-0.1, -0.05) is 19.4 Å². The summed E-state index contributed by atoms with van der Waals surface area (Å²) in [5.74, 6) is 0. The fourth-order valence-corrected chi connectivity index (χ4v) is 3.56. The first-order valence-electron chi connectivity index (χ1n) is 6.40. The number of benzene rings is 1. The Morgan fingerprint density at radius 2 is 2.00 bits per heavy atom. The van der Waals surface area contributed by atoms with Crippen LogP contribution < -0.4 is 5.73 Å². The summed E-state index contributed by atoms with van der Waals surface area (Å²) in [6, 6.07) is 4.84. The molecule has 19 heavy (non-hydrogen) atoms. The summed E-state index contributed by atoms with van der Waals surface area (Å²) in [5, 5.41) is 9.04. The zero-order valence-electron chi connectivity index (χ0n) is 11.5. The van der Waals surface area contributed by atoms with Crippen molar-refractivity contribution in [3.63, 3.8) is 0 Å². The smallest absolute Gasteiger partial charge is 0.243 e. The van der Waals surface area contributed by atoms with E-state index in [0.717, 1.165) is 12.8 Å². The van der Waals surface area contributed by atoms with Crippen LogP contribution in [0.25, 0.3) is 0 Å². The molecule has 0 radical (unpaired) electrons. The summed E-state index contributed by atoms with van der Waals surface area (Å²) < 4.78 is 26.4. The third-order valence-corrected chi connectivity index (χ3v) is 4.98. The molecule has 0 saturated carbocycles. The van der Waals surface area contributed by atoms with Crippen LogP contribution in [0.2, 0.25) is 0 Å². The molecular weight excluding hydrogens is 264 g/mol. The number of nitrogens with zero attached hydrogens (tertiary/aromatic N) is 1. The molecule has 0 amide bonds. The molecule has 0 aliphatic rings. The quantitative estimate of drug-likeness (QED) is 0.741. The van der Waals surface area contributed by atoms with Gasteiger partial charge in [-0.25, -0.2) is 8.42 Å². The minimum atomic E-state index is -3.60. The molecule has 0 unspecified atom stereocenters. The van der Waals surface area contributed by atoms with Gasteiger partial charge in [-0.2, -0.15) is 4.31 Å². The lowest BCUT2D eigenvalue weighted by atomic mass is 10.2. The van der Waals surface area contributed by atoms with E-state index in [-0.39, 0.29) is 18.0 Å². The largest absolute Gasteiger partial charge is 0.399 e. The summed E-state index contributed by atoms with van der Waals surface area (Å²) >= 11 is 0. The number of sulfonamides is 1. The van der Waals surface area contributed by atoms with Crippen LogP contribution in [0.15, 0.2) is 23.1 Å². The van der Waals surface area contributed by atoms with Crippen molar-refractivity contribution >= 4 is 15.7 Å². The highest BCUT2D eigenvalue weighted by molar-refractivity contribution is 7.89. The van der Waals surface area contributed by atoms with E-state index in [9.17, 15) is 8.42 Å². The second-order valence-electron chi connectivity index (χ2n) is 4.51. The number of nitrogens with two attached hydrogens (primary N) is 1. The van der Waals surface area contributed by atoms with Gasteiger partial charge >= 0.3 is 0 Å². The van der Waals surface area contributed by atoms with Crippen molar-refractivity contribution in [3.05, 3.63) is 23.8 Å². The number of anilines is 1. The summed E-state index contributed by atoms with van der Waals surface area (Å²) in [7, 11) is -3.60. The molecule has 0 aliphatic carbocycles. The van der Waals surface area contributed by atoms with Crippen molar-refractivity contribution in [2.45, 2.75) is 31.6 Å². The molecule has 5 nitrogen and oxygen atoms in total. The Morgan fingerprint density at radius 1 is 1.32 bits per heavy atom. The van der Waals surface area contributed by atoms with Crippen LogP contribution in [0, 0.1) is 6.92 Å². The third kappa shape index (κ3) is 3.92. The molecule has 0 atom stereocenters. The van der Waals surface area contributed by atoms with E-state index in [0.29, 0.717) is 17.8 Å². The molecule has 0 bridgehead atoms. The lowest BCUT2D eigenvalue weighted by Gasteiger charge is -2.22. The van der Waals surface area contributed by atoms with Crippen LogP contribution in [0.1, 0.15) is 25.3 Å². The first-order chi connectivity index (χ1) is 8.93. The molecule has 0 saturated heterocycles. The molecular formula is C13H22N2O3S. The van der Waals surface area contributed by atoms with Gasteiger partial charge < -0.3 is 10.8 Å². The average Bonchev–Trinajstić information content (AvgIpc) is 2.37. The van der Waals surface area contributed by atoms with Gasteiger partial charge in [0, 0.05) is 18.8 Å². The van der Waals surface area contributed by atoms with Crippen LogP contribution in [0.4, 0.5) is 5.69 Å². The molecule has 0 aromatic heterocycles. The first kappa shape index (κ1) is 15.9. The highest BCUT2D eigenvalue weighted by Crippen LogP contribution is 2.22. The molecule has 1 rings (SSSR count). The van der Waals surface area contributed by atoms with E-state index in [4.69, 9.17) is 10.8 Å². The highest BCUT2D eigenvalue weighted by atomic mass is 32.2. The molecule has 0 aliphatic heterocycles. The molecule has 0 spiro atoms. The van der Waals surface area contributed by atoms with Gasteiger partial charge in [0.05, 0.1) is 11.5 Å². The van der Waals surface area contributed by atoms with E-state index < -0.39 is 10.0 Å². The standard InChI is InChI=1S/C13H22N2O3S/c1-3-4-7-15(8-9-16)19(17,18)13-10-12(14)6-5-11(13)2/h5-6,10,16H,3-4,7-9,14H2,1-2H3. The van der Waals surface area contributed by atoms with Crippen molar-refractivity contribution in [1.82, 2.24) is 4.31 Å². The Bertz CT molecular complexity index is 515. The summed E-state index contributed by atoms with van der Waals surface area (Å²) in [6.07, 6.45) is 1.66. The van der Waals surface area contributed by atoms with E-state index in [1.165, 1.54) is 10.4 Å². The number of aryl methyl sites for hydroxylation is 1. The molecule has 3 N–H and O–H groups in total. The van der Waals surface area contributed by atoms with Gasteiger partial charge in [-0.3, -0.25) is 0 Å². The first-order valence-corrected chi connectivity index (χ1v) is 7.84. The Balaban J connectivity index is 3.14. The van der Waals surface area contributed by atoms with Crippen molar-refractivity contribution in [2.24, 2.45) is 0 Å². The maximum atomic E-state index is 12.6. The maximum Gasteiger partial charge on any atom is 0.243 e. The molecule has 1 aromatic rings. The molecule has 6 heteroatoms. The van der Waals surface area contributed by atoms with Gasteiger partial charge in [0.25, 0.3) is 0 Å². The second-order valence-corrected chi connectivity index (χ2v) is 6.41. The minimum absolute atomic E-state index is 0.108. The maximum absolute atomic E-state index is 12.6. The van der Waals surface area contributed by atoms with Crippen LogP contribution in [0.3, 0.4) is 0 Å². The van der Waals surface area contributed by atoms with E-state index >= 15 is 0 Å². The summed E-state index contributed by atoms with van der Waals surface area (Å²) in [4.78, 5) is 0.219. The number of aliphatic hydroxyl groups excluding tert-OH is 1. The molecule has 0 fully saturated rings. The fourth-order valence-electron chi connectivity index (χ4n) is 1.83. The monoisotopic (exact) mass is 286 g/mol. The lowest BCUT2D eigenvalue weighted by molar-refractivity contribution is 0.252. The van der Waals surface area contributed by atoms with E-state index in [1.54, 1.807) is 19.1 Å². The van der Waals surface area contributed by atoms with Gasteiger partial charge in [-0.15, -0.1) is 0 Å². The van der Waals surface area contributed by atoms with Crippen molar-refractivity contribution in [3.8, 4) is 0 Å². The minimum Gasteiger partial charge on any atom is -0.399 e. The predicted octanol–water partition coefficient (Wildman–Crippen LogP) is 1.36. The number of hydrogen-bond donors (Lipinski definition) is 2. The average molecular weight is 286 g/mol. The van der Waals surface area contributed by atoms with Crippen LogP contribution in [0.5, 0.6) is 0 Å². The van der Waals surface area contributed by atoms with Crippen molar-refractivity contribution in [1.29, 1.82) is 0 Å². The highest BCUT2D eigenvalue weighted by Gasteiger charge is 2.25. The Labute approximate surface area is 115 Å². The van der Waals surface area contributed by atoms with Crippen LogP contribution in [-0.2, 0) is 10.0 Å². The fraction of sp³-hybridized carbons (Fsp3) is 0.538. The van der Waals surface area contributed by atoms with Crippen LogP contribution in [-0.4, -0.2) is 37.5 Å². The number of aliphatic hydroxyl groups is 1. The van der Waals surface area contributed by atoms with Crippen molar-refractivity contribution < 1.29 is 13.5 Å². The molecule has 108 valence electrons. The number of nitrogen functional groups attached to an aromatic ring is 1. The summed E-state index contributed by atoms with van der Waals surface area (Å²) in [6.45, 7) is 4.06. The number of unbranched alkanes of at least 4 members (excludes halogenated alkanes) is 1. The van der Waals surface area contributed by atoms with Gasteiger partial charge in [0.15, 0.2) is 0 Å². The Kier molecular flexibility index (Phi) is 5.78. The van der Waals surface area contributed by atoms with Crippen molar-refractivity contribution in [2.75, 3.05) is 25.4 Å². The van der Waals surface area contributed by atoms with Gasteiger partial charge in [0.1, 0.15) is 0 Å². The third-order valence-electron chi connectivity index (χ3n) is 2.94. The lowest BCUT2D eigenvalue weighted by Crippen LogP contribution is -2.34. The number of hydrogen-bond acceptors (Lipinski definition) is 4. The Morgan fingerprint density at radius 3 is 2.58 bits per heavy atom. The van der Waals surface area contributed by atoms with Gasteiger partial charge in [-0.05, 0) is 31.0 Å². The summed E-state index contributed by atoms with van der Waals surface area (Å²) in [5.41, 5.74) is 6.75. The van der Waals surface area contributed by atoms with E-state index in [2.05, 4.69) is 0 Å². The SMILES string of the molecule is CCCCN(CCO)S(=O)(=O)c1cc(N)ccc1C. The Hall–Kier alpha value is -1.11. The second kappa shape index (κ2) is 6.88. The predicted molar refractivity (Wildman–Crippen MR) is 76.3 cm³/mol. The molecule has 1 aromatic carbocycles. The topological polar surface area (TPSA) is 83.6 Å². The van der Waals surface area contributed by atoms with E-state index in [1.807, 2.05) is 6.92 Å². The van der Waals surface area contributed by atoms with Gasteiger partial charge in [0.2, 0.25) is 10.0 Å². The number of rotatable bonds is 7. The normalized spacial score (nSPS) is 12.0. The molecule has 0 heterocycles. The zero-order chi connectivity index (χ0) is 14.5. The zero-order valence-corrected chi connectivity index (χ0v) is 12.3.